The third-order valence-corrected chi connectivity index (χ3v) is 4.38. The molecule has 1 aliphatic heterocycles. The SMILES string of the molecule is Cc1cc2ccccc2n1Cc1cc(F)ccc1F.c1ccc2c(c1)O2. The molecular formula is C22H17F2NO. The molecule has 0 spiro atoms. The van der Waals surface area contributed by atoms with Crippen molar-refractivity contribution < 1.29 is 13.5 Å². The van der Waals surface area contributed by atoms with Crippen LogP contribution in [0.15, 0.2) is 72.8 Å². The molecule has 0 bridgehead atoms. The van der Waals surface area contributed by atoms with Gasteiger partial charge in [0.2, 0.25) is 0 Å². The van der Waals surface area contributed by atoms with Crippen molar-refractivity contribution in [3.8, 4) is 11.5 Å². The third-order valence-electron chi connectivity index (χ3n) is 4.38. The lowest BCUT2D eigenvalue weighted by Gasteiger charge is -2.09. The number of aryl methyl sites for hydroxylation is 1. The highest BCUT2D eigenvalue weighted by Crippen LogP contribution is 2.43. The predicted molar refractivity (Wildman–Crippen MR) is 98.7 cm³/mol. The maximum Gasteiger partial charge on any atom is 0.170 e. The summed E-state index contributed by atoms with van der Waals surface area (Å²) < 4.78 is 33.9. The topological polar surface area (TPSA) is 17.5 Å². The van der Waals surface area contributed by atoms with Crippen LogP contribution < -0.4 is 4.74 Å². The van der Waals surface area contributed by atoms with Gasteiger partial charge in [-0.3, -0.25) is 0 Å². The first-order chi connectivity index (χ1) is 12.6. The summed E-state index contributed by atoms with van der Waals surface area (Å²) in [4.78, 5) is 0. The summed E-state index contributed by atoms with van der Waals surface area (Å²) in [6.07, 6.45) is 0. The van der Waals surface area contributed by atoms with Crippen LogP contribution in [0.3, 0.4) is 0 Å². The minimum atomic E-state index is -0.412. The Morgan fingerprint density at radius 3 is 2.27 bits per heavy atom. The van der Waals surface area contributed by atoms with Crippen LogP contribution >= 0.6 is 0 Å². The Bertz CT molecular complexity index is 1060. The molecule has 0 unspecified atom stereocenters. The van der Waals surface area contributed by atoms with Crippen molar-refractivity contribution in [3.05, 3.63) is 95.7 Å². The van der Waals surface area contributed by atoms with Crippen LogP contribution in [0.2, 0.25) is 0 Å². The van der Waals surface area contributed by atoms with Gasteiger partial charge in [0.05, 0.1) is 6.54 Å². The van der Waals surface area contributed by atoms with Gasteiger partial charge in [0.25, 0.3) is 0 Å². The summed E-state index contributed by atoms with van der Waals surface area (Å²) in [5.41, 5.74) is 2.43. The van der Waals surface area contributed by atoms with E-state index >= 15 is 0 Å². The van der Waals surface area contributed by atoms with E-state index in [1.54, 1.807) is 0 Å². The Labute approximate surface area is 150 Å². The number of para-hydroxylation sites is 3. The highest BCUT2D eigenvalue weighted by molar-refractivity contribution is 5.81. The molecule has 5 rings (SSSR count). The molecule has 0 aliphatic carbocycles. The predicted octanol–water partition coefficient (Wildman–Crippen LogP) is 6.07. The Morgan fingerprint density at radius 1 is 0.846 bits per heavy atom. The number of nitrogens with zero attached hydrogens (tertiary/aromatic N) is 1. The smallest absolute Gasteiger partial charge is 0.170 e. The quantitative estimate of drug-likeness (QED) is 0.354. The minimum Gasteiger partial charge on any atom is -0.450 e. The van der Waals surface area contributed by atoms with Crippen molar-refractivity contribution in [2.75, 3.05) is 0 Å². The minimum absolute atomic E-state index is 0.336. The number of benzene rings is 3. The summed E-state index contributed by atoms with van der Waals surface area (Å²) in [5, 5.41) is 1.11. The lowest BCUT2D eigenvalue weighted by molar-refractivity contribution is 0.578. The van der Waals surface area contributed by atoms with E-state index < -0.39 is 5.82 Å². The highest BCUT2D eigenvalue weighted by Gasteiger charge is 2.15. The molecule has 130 valence electrons. The summed E-state index contributed by atoms with van der Waals surface area (Å²) >= 11 is 0. The van der Waals surface area contributed by atoms with Gasteiger partial charge in [-0.2, -0.15) is 0 Å². The van der Waals surface area contributed by atoms with Crippen molar-refractivity contribution in [3.63, 3.8) is 0 Å². The first kappa shape index (κ1) is 16.3. The molecule has 26 heavy (non-hydrogen) atoms. The van der Waals surface area contributed by atoms with Crippen LogP contribution in [0.4, 0.5) is 8.78 Å². The molecule has 1 aromatic heterocycles. The molecule has 2 heterocycles. The zero-order valence-corrected chi connectivity index (χ0v) is 14.2. The zero-order chi connectivity index (χ0) is 18.1. The van der Waals surface area contributed by atoms with Crippen molar-refractivity contribution in [1.29, 1.82) is 0 Å². The van der Waals surface area contributed by atoms with E-state index in [1.807, 2.05) is 66.1 Å². The Balaban J connectivity index is 0.000000198. The summed E-state index contributed by atoms with van der Waals surface area (Å²) in [6.45, 7) is 2.31. The molecule has 4 aromatic rings. The molecule has 0 fully saturated rings. The Hall–Kier alpha value is -3.14. The van der Waals surface area contributed by atoms with Gasteiger partial charge >= 0.3 is 0 Å². The average Bonchev–Trinajstić information content (AvgIpc) is 3.37. The van der Waals surface area contributed by atoms with Gasteiger partial charge < -0.3 is 9.30 Å². The van der Waals surface area contributed by atoms with Crippen LogP contribution in [-0.4, -0.2) is 4.57 Å². The lowest BCUT2D eigenvalue weighted by Crippen LogP contribution is -2.04. The molecule has 0 radical (unpaired) electrons. The van der Waals surface area contributed by atoms with Crippen LogP contribution in [0.25, 0.3) is 10.9 Å². The van der Waals surface area contributed by atoms with Gasteiger partial charge in [0.1, 0.15) is 11.6 Å². The number of ether oxygens (including phenoxy) is 1. The average molecular weight is 349 g/mol. The second-order valence-corrected chi connectivity index (χ2v) is 6.22. The van der Waals surface area contributed by atoms with Crippen molar-refractivity contribution in [1.82, 2.24) is 4.57 Å². The van der Waals surface area contributed by atoms with Gasteiger partial charge in [-0.05, 0) is 54.8 Å². The maximum absolute atomic E-state index is 13.7. The molecule has 3 aromatic carbocycles. The van der Waals surface area contributed by atoms with Crippen LogP contribution in [0.5, 0.6) is 11.5 Å². The number of fused-ring (bicyclic) bond motifs is 2. The lowest BCUT2D eigenvalue weighted by atomic mass is 10.2. The fourth-order valence-corrected chi connectivity index (χ4v) is 3.00. The number of halogens is 2. The fourth-order valence-electron chi connectivity index (χ4n) is 3.00. The number of hydrogen-bond acceptors (Lipinski definition) is 1. The highest BCUT2D eigenvalue weighted by atomic mass is 19.1. The van der Waals surface area contributed by atoms with Crippen molar-refractivity contribution in [2.24, 2.45) is 0 Å². The van der Waals surface area contributed by atoms with E-state index in [0.29, 0.717) is 12.1 Å². The number of rotatable bonds is 2. The van der Waals surface area contributed by atoms with Gasteiger partial charge in [-0.25, -0.2) is 8.78 Å². The van der Waals surface area contributed by atoms with Crippen molar-refractivity contribution >= 4 is 10.9 Å². The van der Waals surface area contributed by atoms with Gasteiger partial charge in [0, 0.05) is 16.8 Å². The molecule has 0 atom stereocenters. The van der Waals surface area contributed by atoms with E-state index in [1.165, 1.54) is 12.1 Å². The summed E-state index contributed by atoms with van der Waals surface area (Å²) in [5.74, 6) is 1.27. The standard InChI is InChI=1S/C16H13F2N.C6H4O/c1-11-8-12-4-2-3-5-16(12)19(11)10-13-9-14(17)6-7-15(13)18;1-2-4-6-5(3-1)7-6/h2-9H,10H2,1H3;1-4H. The second-order valence-electron chi connectivity index (χ2n) is 6.22. The Kier molecular flexibility index (Phi) is 4.17. The molecule has 1 aliphatic rings. The number of hydrogen-bond donors (Lipinski definition) is 0. The third kappa shape index (κ3) is 3.31. The van der Waals surface area contributed by atoms with Gasteiger partial charge in [-0.15, -0.1) is 0 Å². The van der Waals surface area contributed by atoms with E-state index in [2.05, 4.69) is 0 Å². The van der Waals surface area contributed by atoms with E-state index in [-0.39, 0.29) is 5.82 Å². The summed E-state index contributed by atoms with van der Waals surface area (Å²) in [7, 11) is 0. The Morgan fingerprint density at radius 2 is 1.54 bits per heavy atom. The molecule has 0 saturated heterocycles. The van der Waals surface area contributed by atoms with Crippen LogP contribution in [0.1, 0.15) is 11.3 Å². The van der Waals surface area contributed by atoms with Gasteiger partial charge in [0.15, 0.2) is 11.5 Å². The van der Waals surface area contributed by atoms with E-state index in [4.69, 9.17) is 4.74 Å². The van der Waals surface area contributed by atoms with Crippen molar-refractivity contribution in [2.45, 2.75) is 13.5 Å². The largest absolute Gasteiger partial charge is 0.450 e. The number of aromatic nitrogens is 1. The van der Waals surface area contributed by atoms with Gasteiger partial charge in [-0.1, -0.05) is 30.3 Å². The normalized spacial score (nSPS) is 11.3. The monoisotopic (exact) mass is 349 g/mol. The van der Waals surface area contributed by atoms with E-state index in [9.17, 15) is 8.78 Å². The first-order valence-electron chi connectivity index (χ1n) is 8.37. The van der Waals surface area contributed by atoms with E-state index in [0.717, 1.165) is 34.2 Å². The van der Waals surface area contributed by atoms with Crippen LogP contribution in [0, 0.1) is 18.6 Å². The summed E-state index contributed by atoms with van der Waals surface area (Å²) in [6, 6.07) is 21.4. The zero-order valence-electron chi connectivity index (χ0n) is 14.2. The molecule has 0 amide bonds. The first-order valence-corrected chi connectivity index (χ1v) is 8.37. The molecular weight excluding hydrogens is 332 g/mol. The maximum atomic E-state index is 13.7. The second kappa shape index (κ2) is 6.64. The molecule has 2 nitrogen and oxygen atoms in total. The molecule has 0 N–H and O–H groups in total. The molecule has 0 saturated carbocycles. The van der Waals surface area contributed by atoms with Crippen LogP contribution in [-0.2, 0) is 6.54 Å². The molecule has 4 heteroatoms. The fraction of sp³-hybridized carbons (Fsp3) is 0.0909.